The van der Waals surface area contributed by atoms with Gasteiger partial charge in [-0.1, -0.05) is 0 Å². The smallest absolute Gasteiger partial charge is 0.255 e. The molecule has 0 saturated carbocycles. The number of benzene rings is 1. The van der Waals surface area contributed by atoms with Crippen molar-refractivity contribution in [1.82, 2.24) is 5.32 Å². The Morgan fingerprint density at radius 3 is 2.50 bits per heavy atom. The summed E-state index contributed by atoms with van der Waals surface area (Å²) in [5.41, 5.74) is 6.62. The van der Waals surface area contributed by atoms with E-state index < -0.39 is 6.29 Å². The number of hydrogen-bond acceptors (Lipinski definition) is 5. The van der Waals surface area contributed by atoms with Crippen molar-refractivity contribution in [2.24, 2.45) is 0 Å². The second-order valence-corrected chi connectivity index (χ2v) is 4.01. The fourth-order valence-electron chi connectivity index (χ4n) is 1.70. The molecule has 0 aromatic heterocycles. The van der Waals surface area contributed by atoms with Gasteiger partial charge in [-0.3, -0.25) is 4.79 Å². The van der Waals surface area contributed by atoms with Crippen LogP contribution in [-0.4, -0.2) is 39.1 Å². The van der Waals surface area contributed by atoms with Crippen molar-refractivity contribution >= 4 is 11.6 Å². The van der Waals surface area contributed by atoms with E-state index in [1.165, 1.54) is 7.11 Å². The average molecular weight is 282 g/mol. The van der Waals surface area contributed by atoms with E-state index in [2.05, 4.69) is 5.32 Å². The molecule has 1 rings (SSSR count). The second-order valence-electron chi connectivity index (χ2n) is 4.01. The zero-order chi connectivity index (χ0) is 15.0. The van der Waals surface area contributed by atoms with Crippen LogP contribution in [0.3, 0.4) is 0 Å². The summed E-state index contributed by atoms with van der Waals surface area (Å²) in [6.45, 7) is 5.05. The maximum absolute atomic E-state index is 12.1. The standard InChI is InChI=1S/C14H22N2O4/c1-4-19-13(20-5-2)9-16-14(17)11-7-6-10(15)8-12(11)18-3/h6-8,13H,4-5,9,15H2,1-3H3,(H,16,17). The third-order valence-electron chi connectivity index (χ3n) is 2.60. The van der Waals surface area contributed by atoms with Crippen LogP contribution in [-0.2, 0) is 9.47 Å². The zero-order valence-electron chi connectivity index (χ0n) is 12.1. The Bertz CT molecular complexity index is 431. The minimum Gasteiger partial charge on any atom is -0.496 e. The summed E-state index contributed by atoms with van der Waals surface area (Å²) in [5, 5.41) is 2.75. The fraction of sp³-hybridized carbons (Fsp3) is 0.500. The van der Waals surface area contributed by atoms with Crippen molar-refractivity contribution in [3.05, 3.63) is 23.8 Å². The number of carbonyl (C=O) groups excluding carboxylic acids is 1. The minimum absolute atomic E-state index is 0.258. The van der Waals surface area contributed by atoms with Gasteiger partial charge < -0.3 is 25.3 Å². The van der Waals surface area contributed by atoms with Crippen LogP contribution in [0.2, 0.25) is 0 Å². The summed E-state index contributed by atoms with van der Waals surface area (Å²) >= 11 is 0. The van der Waals surface area contributed by atoms with E-state index in [1.807, 2.05) is 13.8 Å². The number of rotatable bonds is 8. The van der Waals surface area contributed by atoms with Crippen molar-refractivity contribution in [2.45, 2.75) is 20.1 Å². The van der Waals surface area contributed by atoms with Crippen molar-refractivity contribution in [2.75, 3.05) is 32.6 Å². The molecule has 0 radical (unpaired) electrons. The van der Waals surface area contributed by atoms with Crippen LogP contribution in [0.1, 0.15) is 24.2 Å². The maximum atomic E-state index is 12.1. The molecule has 0 fully saturated rings. The number of ether oxygens (including phenoxy) is 3. The fourth-order valence-corrected chi connectivity index (χ4v) is 1.70. The van der Waals surface area contributed by atoms with Crippen molar-refractivity contribution in [3.63, 3.8) is 0 Å². The van der Waals surface area contributed by atoms with Gasteiger partial charge in [0.05, 0.1) is 19.2 Å². The predicted molar refractivity (Wildman–Crippen MR) is 76.8 cm³/mol. The summed E-state index contributed by atoms with van der Waals surface area (Å²) in [6.07, 6.45) is -0.450. The van der Waals surface area contributed by atoms with Crippen LogP contribution in [0.5, 0.6) is 5.75 Å². The molecule has 1 amide bonds. The first-order valence-electron chi connectivity index (χ1n) is 6.57. The largest absolute Gasteiger partial charge is 0.496 e. The molecule has 0 aliphatic rings. The molecule has 3 N–H and O–H groups in total. The van der Waals surface area contributed by atoms with Gasteiger partial charge in [-0.15, -0.1) is 0 Å². The Morgan fingerprint density at radius 1 is 1.30 bits per heavy atom. The Labute approximate surface area is 119 Å². The minimum atomic E-state index is -0.450. The van der Waals surface area contributed by atoms with Gasteiger partial charge in [0.2, 0.25) is 0 Å². The van der Waals surface area contributed by atoms with Gasteiger partial charge in [-0.25, -0.2) is 0 Å². The lowest BCUT2D eigenvalue weighted by atomic mass is 10.1. The molecular formula is C14H22N2O4. The highest BCUT2D eigenvalue weighted by molar-refractivity contribution is 5.97. The van der Waals surface area contributed by atoms with E-state index >= 15 is 0 Å². The monoisotopic (exact) mass is 282 g/mol. The first kappa shape index (κ1) is 16.3. The van der Waals surface area contributed by atoms with E-state index in [1.54, 1.807) is 18.2 Å². The highest BCUT2D eigenvalue weighted by Crippen LogP contribution is 2.21. The first-order valence-corrected chi connectivity index (χ1v) is 6.57. The zero-order valence-corrected chi connectivity index (χ0v) is 12.1. The van der Waals surface area contributed by atoms with E-state index in [-0.39, 0.29) is 12.5 Å². The molecule has 0 unspecified atom stereocenters. The summed E-state index contributed by atoms with van der Waals surface area (Å²) in [4.78, 5) is 12.1. The SMILES string of the molecule is CCOC(CNC(=O)c1ccc(N)cc1OC)OCC. The quantitative estimate of drug-likeness (QED) is 0.556. The summed E-state index contributed by atoms with van der Waals surface area (Å²) < 4.78 is 15.9. The molecule has 0 atom stereocenters. The van der Waals surface area contributed by atoms with E-state index in [0.29, 0.717) is 30.2 Å². The lowest BCUT2D eigenvalue weighted by Gasteiger charge is -2.18. The van der Waals surface area contributed by atoms with Crippen molar-refractivity contribution in [3.8, 4) is 5.75 Å². The molecule has 6 nitrogen and oxygen atoms in total. The number of carbonyl (C=O) groups is 1. The van der Waals surface area contributed by atoms with Gasteiger partial charge in [0.25, 0.3) is 5.91 Å². The molecule has 0 aliphatic heterocycles. The van der Waals surface area contributed by atoms with Gasteiger partial charge in [-0.05, 0) is 26.0 Å². The number of hydrogen-bond donors (Lipinski definition) is 2. The molecule has 1 aromatic rings. The molecule has 6 heteroatoms. The Kier molecular flexibility index (Phi) is 6.83. The van der Waals surface area contributed by atoms with Crippen LogP contribution in [0.15, 0.2) is 18.2 Å². The number of nitrogens with two attached hydrogens (primary N) is 1. The molecular weight excluding hydrogens is 260 g/mol. The molecule has 0 spiro atoms. The highest BCUT2D eigenvalue weighted by Gasteiger charge is 2.15. The highest BCUT2D eigenvalue weighted by atomic mass is 16.7. The van der Waals surface area contributed by atoms with Crippen LogP contribution >= 0.6 is 0 Å². The third kappa shape index (κ3) is 4.71. The maximum Gasteiger partial charge on any atom is 0.255 e. The van der Waals surface area contributed by atoms with Gasteiger partial charge in [-0.2, -0.15) is 0 Å². The number of amides is 1. The molecule has 0 bridgehead atoms. The number of methoxy groups -OCH3 is 1. The number of anilines is 1. The van der Waals surface area contributed by atoms with Crippen LogP contribution in [0.25, 0.3) is 0 Å². The van der Waals surface area contributed by atoms with Gasteiger partial charge >= 0.3 is 0 Å². The van der Waals surface area contributed by atoms with Gasteiger partial charge in [0.1, 0.15) is 5.75 Å². The summed E-state index contributed by atoms with van der Waals surface area (Å²) in [7, 11) is 1.49. The van der Waals surface area contributed by atoms with Crippen molar-refractivity contribution in [1.29, 1.82) is 0 Å². The summed E-state index contributed by atoms with van der Waals surface area (Å²) in [6, 6.07) is 4.89. The van der Waals surface area contributed by atoms with Gasteiger partial charge in [0.15, 0.2) is 6.29 Å². The van der Waals surface area contributed by atoms with E-state index in [9.17, 15) is 4.79 Å². The Morgan fingerprint density at radius 2 is 1.95 bits per heavy atom. The molecule has 0 saturated heterocycles. The lowest BCUT2D eigenvalue weighted by molar-refractivity contribution is -0.131. The van der Waals surface area contributed by atoms with Crippen LogP contribution < -0.4 is 15.8 Å². The average Bonchev–Trinajstić information content (AvgIpc) is 2.44. The van der Waals surface area contributed by atoms with E-state index in [0.717, 1.165) is 0 Å². The van der Waals surface area contributed by atoms with Gasteiger partial charge in [0, 0.05) is 25.0 Å². The number of nitrogen functional groups attached to an aromatic ring is 1. The molecule has 20 heavy (non-hydrogen) atoms. The third-order valence-corrected chi connectivity index (χ3v) is 2.60. The second kappa shape index (κ2) is 8.39. The predicted octanol–water partition coefficient (Wildman–Crippen LogP) is 1.41. The lowest BCUT2D eigenvalue weighted by Crippen LogP contribution is -2.35. The van der Waals surface area contributed by atoms with E-state index in [4.69, 9.17) is 19.9 Å². The molecule has 0 aliphatic carbocycles. The summed E-state index contributed by atoms with van der Waals surface area (Å²) in [5.74, 6) is 0.179. The Balaban J connectivity index is 2.66. The van der Waals surface area contributed by atoms with Crippen LogP contribution in [0.4, 0.5) is 5.69 Å². The normalized spacial score (nSPS) is 10.6. The molecule has 0 heterocycles. The number of nitrogens with one attached hydrogen (secondary N) is 1. The first-order chi connectivity index (χ1) is 9.62. The molecule has 112 valence electrons. The Hall–Kier alpha value is -1.79. The van der Waals surface area contributed by atoms with Crippen molar-refractivity contribution < 1.29 is 19.0 Å². The van der Waals surface area contributed by atoms with Crippen LogP contribution in [0, 0.1) is 0 Å². The molecule has 1 aromatic carbocycles. The topological polar surface area (TPSA) is 82.8 Å².